The maximum Gasteiger partial charge on any atom is 0.245 e. The van der Waals surface area contributed by atoms with Crippen molar-refractivity contribution in [3.05, 3.63) is 28.1 Å². The molecule has 0 radical (unpaired) electrons. The van der Waals surface area contributed by atoms with Gasteiger partial charge in [0, 0.05) is 39.1 Å². The maximum atomic E-state index is 13.0. The van der Waals surface area contributed by atoms with Crippen molar-refractivity contribution in [1.82, 2.24) is 4.31 Å². The Morgan fingerprint density at radius 3 is 2.95 bits per heavy atom. The molecule has 4 nitrogen and oxygen atoms in total. The molecular formula is C14H17ClN2O2S2. The number of thiophene rings is 1. The van der Waals surface area contributed by atoms with Crippen LogP contribution in [0.1, 0.15) is 17.7 Å². The lowest BCUT2D eigenvalue weighted by molar-refractivity contribution is 0.393. The summed E-state index contributed by atoms with van der Waals surface area (Å²) in [5.74, 6) is 0. The first-order valence-electron chi connectivity index (χ1n) is 6.85. The second kappa shape index (κ2) is 5.52. The topological polar surface area (TPSA) is 63.4 Å². The van der Waals surface area contributed by atoms with Crippen molar-refractivity contribution < 1.29 is 8.42 Å². The van der Waals surface area contributed by atoms with Gasteiger partial charge in [-0.1, -0.05) is 11.6 Å². The zero-order valence-corrected chi connectivity index (χ0v) is 14.1. The van der Waals surface area contributed by atoms with Crippen LogP contribution in [0.15, 0.2) is 23.1 Å². The monoisotopic (exact) mass is 344 g/mol. The maximum absolute atomic E-state index is 13.0. The number of aryl methyl sites for hydroxylation is 1. The van der Waals surface area contributed by atoms with Crippen molar-refractivity contribution in [2.24, 2.45) is 5.73 Å². The smallest absolute Gasteiger partial charge is 0.245 e. The van der Waals surface area contributed by atoms with Crippen LogP contribution in [0, 0.1) is 6.92 Å². The molecule has 0 aliphatic carbocycles. The predicted octanol–water partition coefficient (Wildman–Crippen LogP) is 2.97. The van der Waals surface area contributed by atoms with E-state index >= 15 is 0 Å². The Labute approximate surface area is 133 Å². The molecule has 1 fully saturated rings. The Morgan fingerprint density at radius 1 is 1.48 bits per heavy atom. The summed E-state index contributed by atoms with van der Waals surface area (Å²) >= 11 is 7.53. The molecule has 7 heteroatoms. The molecule has 1 aromatic heterocycles. The fourth-order valence-corrected chi connectivity index (χ4v) is 6.58. The molecule has 2 aromatic rings. The number of rotatable bonds is 3. The van der Waals surface area contributed by atoms with Crippen LogP contribution in [-0.4, -0.2) is 31.9 Å². The highest BCUT2D eigenvalue weighted by atomic mass is 35.5. The van der Waals surface area contributed by atoms with Crippen molar-refractivity contribution in [3.63, 3.8) is 0 Å². The SMILES string of the molecule is Cc1sc2ccc(Cl)cc2c1S(=O)(=O)N1CCCC1CN. The molecule has 1 saturated heterocycles. The highest BCUT2D eigenvalue weighted by Crippen LogP contribution is 2.38. The lowest BCUT2D eigenvalue weighted by Gasteiger charge is -2.23. The molecule has 1 aromatic carbocycles. The van der Waals surface area contributed by atoms with Crippen LogP contribution in [-0.2, 0) is 10.0 Å². The summed E-state index contributed by atoms with van der Waals surface area (Å²) in [5, 5.41) is 1.27. The Bertz CT molecular complexity index is 786. The molecule has 1 aliphatic rings. The molecule has 21 heavy (non-hydrogen) atoms. The van der Waals surface area contributed by atoms with Gasteiger partial charge in [0.15, 0.2) is 0 Å². The number of hydrogen-bond acceptors (Lipinski definition) is 4. The van der Waals surface area contributed by atoms with E-state index in [9.17, 15) is 8.42 Å². The quantitative estimate of drug-likeness (QED) is 0.931. The third-order valence-corrected chi connectivity index (χ3v) is 7.52. The van der Waals surface area contributed by atoms with Crippen LogP contribution in [0.5, 0.6) is 0 Å². The first kappa shape index (κ1) is 15.2. The van der Waals surface area contributed by atoms with Gasteiger partial charge in [-0.2, -0.15) is 4.31 Å². The molecule has 2 heterocycles. The summed E-state index contributed by atoms with van der Waals surface area (Å²) in [4.78, 5) is 1.19. The number of nitrogens with zero attached hydrogens (tertiary/aromatic N) is 1. The fourth-order valence-electron chi connectivity index (χ4n) is 2.97. The van der Waals surface area contributed by atoms with E-state index in [1.165, 1.54) is 11.3 Å². The van der Waals surface area contributed by atoms with Gasteiger partial charge in [-0.15, -0.1) is 11.3 Å². The van der Waals surface area contributed by atoms with E-state index in [1.54, 1.807) is 16.4 Å². The third kappa shape index (κ3) is 2.49. The van der Waals surface area contributed by atoms with Gasteiger partial charge in [-0.25, -0.2) is 8.42 Å². The first-order chi connectivity index (χ1) is 9.95. The molecular weight excluding hydrogens is 328 g/mol. The van der Waals surface area contributed by atoms with Crippen molar-refractivity contribution in [2.45, 2.75) is 30.7 Å². The van der Waals surface area contributed by atoms with Crippen molar-refractivity contribution in [2.75, 3.05) is 13.1 Å². The average Bonchev–Trinajstić information content (AvgIpc) is 3.01. The first-order valence-corrected chi connectivity index (χ1v) is 9.49. The average molecular weight is 345 g/mol. The van der Waals surface area contributed by atoms with Crippen LogP contribution in [0.3, 0.4) is 0 Å². The fraction of sp³-hybridized carbons (Fsp3) is 0.429. The molecule has 114 valence electrons. The van der Waals surface area contributed by atoms with Crippen LogP contribution in [0.4, 0.5) is 0 Å². The van der Waals surface area contributed by atoms with Gasteiger partial charge >= 0.3 is 0 Å². The molecule has 1 atom stereocenters. The summed E-state index contributed by atoms with van der Waals surface area (Å²) in [6.45, 7) is 2.75. The lowest BCUT2D eigenvalue weighted by atomic mass is 10.2. The number of hydrogen-bond donors (Lipinski definition) is 1. The molecule has 0 spiro atoms. The van der Waals surface area contributed by atoms with E-state index in [1.807, 2.05) is 13.0 Å². The molecule has 0 amide bonds. The Hall–Kier alpha value is -0.660. The molecule has 2 N–H and O–H groups in total. The normalized spacial score (nSPS) is 20.4. The van der Waals surface area contributed by atoms with Crippen molar-refractivity contribution in [3.8, 4) is 0 Å². The minimum Gasteiger partial charge on any atom is -0.329 e. The minimum absolute atomic E-state index is 0.0939. The van der Waals surface area contributed by atoms with E-state index < -0.39 is 10.0 Å². The Balaban J connectivity index is 2.19. The van der Waals surface area contributed by atoms with Crippen LogP contribution in [0.25, 0.3) is 10.1 Å². The lowest BCUT2D eigenvalue weighted by Crippen LogP contribution is -2.39. The second-order valence-corrected chi connectivity index (χ2v) is 8.80. The van der Waals surface area contributed by atoms with Gasteiger partial charge in [0.05, 0.1) is 0 Å². The molecule has 0 bridgehead atoms. The number of halogens is 1. The van der Waals surface area contributed by atoms with E-state index in [-0.39, 0.29) is 6.04 Å². The third-order valence-electron chi connectivity index (χ3n) is 3.93. The van der Waals surface area contributed by atoms with Gasteiger partial charge in [-0.05, 0) is 38.0 Å². The van der Waals surface area contributed by atoms with E-state index in [4.69, 9.17) is 17.3 Å². The molecule has 1 unspecified atom stereocenters. The summed E-state index contributed by atoms with van der Waals surface area (Å²) in [6, 6.07) is 5.30. The summed E-state index contributed by atoms with van der Waals surface area (Å²) in [7, 11) is -3.53. The van der Waals surface area contributed by atoms with Crippen molar-refractivity contribution >= 4 is 43.0 Å². The standard InChI is InChI=1S/C14H17ClN2O2S2/c1-9-14(12-7-10(15)4-5-13(12)20-9)21(18,19)17-6-2-3-11(17)8-16/h4-5,7,11H,2-3,6,8,16H2,1H3. The Morgan fingerprint density at radius 2 is 2.24 bits per heavy atom. The zero-order chi connectivity index (χ0) is 15.2. The van der Waals surface area contributed by atoms with Gasteiger partial charge in [0.1, 0.15) is 4.90 Å². The predicted molar refractivity (Wildman–Crippen MR) is 87.5 cm³/mol. The highest BCUT2D eigenvalue weighted by Gasteiger charge is 2.36. The summed E-state index contributed by atoms with van der Waals surface area (Å²) in [5.41, 5.74) is 5.72. The largest absolute Gasteiger partial charge is 0.329 e. The van der Waals surface area contributed by atoms with Crippen LogP contribution < -0.4 is 5.73 Å². The van der Waals surface area contributed by atoms with E-state index in [0.29, 0.717) is 28.4 Å². The van der Waals surface area contributed by atoms with Gasteiger partial charge in [-0.3, -0.25) is 0 Å². The number of benzene rings is 1. The van der Waals surface area contributed by atoms with Gasteiger partial charge in [0.25, 0.3) is 0 Å². The number of sulfonamides is 1. The summed E-state index contributed by atoms with van der Waals surface area (Å²) < 4.78 is 28.6. The molecule has 3 rings (SSSR count). The summed E-state index contributed by atoms with van der Waals surface area (Å²) in [6.07, 6.45) is 1.70. The zero-order valence-electron chi connectivity index (χ0n) is 11.7. The Kier molecular flexibility index (Phi) is 4.00. The molecule has 0 saturated carbocycles. The highest BCUT2D eigenvalue weighted by molar-refractivity contribution is 7.89. The minimum atomic E-state index is -3.53. The van der Waals surface area contributed by atoms with E-state index in [2.05, 4.69) is 0 Å². The van der Waals surface area contributed by atoms with Crippen LogP contribution in [0.2, 0.25) is 5.02 Å². The van der Waals surface area contributed by atoms with Gasteiger partial charge < -0.3 is 5.73 Å². The van der Waals surface area contributed by atoms with Crippen LogP contribution >= 0.6 is 22.9 Å². The van der Waals surface area contributed by atoms with Crippen molar-refractivity contribution in [1.29, 1.82) is 0 Å². The number of fused-ring (bicyclic) bond motifs is 1. The second-order valence-electron chi connectivity index (χ2n) is 5.28. The number of nitrogens with two attached hydrogens (primary N) is 1. The van der Waals surface area contributed by atoms with E-state index in [0.717, 1.165) is 22.4 Å². The van der Waals surface area contributed by atoms with Gasteiger partial charge in [0.2, 0.25) is 10.0 Å². The molecule has 1 aliphatic heterocycles.